The average molecular weight is 313 g/mol. The number of nitrogens with one attached hydrogen (secondary N) is 2. The predicted octanol–water partition coefficient (Wildman–Crippen LogP) is 2.04. The van der Waals surface area contributed by atoms with Crippen LogP contribution in [-0.4, -0.2) is 47.6 Å². The first-order valence-electron chi connectivity index (χ1n) is 8.42. The number of nitrogens with zero attached hydrogens (tertiary/aromatic N) is 1. The van der Waals surface area contributed by atoms with Crippen LogP contribution in [0.4, 0.5) is 0 Å². The monoisotopic (exact) mass is 313 g/mol. The molecule has 1 amide bonds. The number of amides is 1. The lowest BCUT2D eigenvalue weighted by Crippen LogP contribution is -2.50. The third kappa shape index (κ3) is 2.99. The Hall–Kier alpha value is -1.85. The van der Waals surface area contributed by atoms with Crippen molar-refractivity contribution in [3.05, 3.63) is 36.0 Å². The quantitative estimate of drug-likeness (QED) is 0.892. The fourth-order valence-electron chi connectivity index (χ4n) is 3.73. The Morgan fingerprint density at radius 1 is 1.22 bits per heavy atom. The molecule has 122 valence electrons. The number of rotatable bonds is 2. The van der Waals surface area contributed by atoms with E-state index in [9.17, 15) is 4.79 Å². The number of H-pyrrole nitrogens is 1. The minimum Gasteiger partial charge on any atom is -0.373 e. The Balaban J connectivity index is 1.42. The molecule has 5 nitrogen and oxygen atoms in total. The molecule has 1 spiro atoms. The van der Waals surface area contributed by atoms with E-state index in [1.165, 1.54) is 16.5 Å². The predicted molar refractivity (Wildman–Crippen MR) is 89.1 cm³/mol. The molecule has 0 bridgehead atoms. The van der Waals surface area contributed by atoms with Gasteiger partial charge >= 0.3 is 0 Å². The van der Waals surface area contributed by atoms with Gasteiger partial charge in [0, 0.05) is 49.7 Å². The number of hydrogen-bond acceptors (Lipinski definition) is 3. The number of aromatic amines is 1. The molecule has 2 N–H and O–H groups in total. The second-order valence-electron chi connectivity index (χ2n) is 6.69. The molecule has 2 aromatic rings. The van der Waals surface area contributed by atoms with Gasteiger partial charge in [-0.2, -0.15) is 0 Å². The summed E-state index contributed by atoms with van der Waals surface area (Å²) < 4.78 is 6.04. The van der Waals surface area contributed by atoms with Gasteiger partial charge in [0.05, 0.1) is 12.2 Å². The van der Waals surface area contributed by atoms with E-state index < -0.39 is 0 Å². The molecule has 0 unspecified atom stereocenters. The number of ether oxygens (including phenoxy) is 1. The van der Waals surface area contributed by atoms with E-state index in [1.807, 2.05) is 6.20 Å². The van der Waals surface area contributed by atoms with Crippen LogP contribution in [0, 0.1) is 0 Å². The minimum absolute atomic E-state index is 0.114. The largest absolute Gasteiger partial charge is 0.373 e. The van der Waals surface area contributed by atoms with Gasteiger partial charge in [-0.1, -0.05) is 12.1 Å². The molecular formula is C18H23N3O2. The summed E-state index contributed by atoms with van der Waals surface area (Å²) in [4.78, 5) is 17.3. The lowest BCUT2D eigenvalue weighted by atomic mass is 9.90. The zero-order valence-electron chi connectivity index (χ0n) is 13.3. The zero-order valence-corrected chi connectivity index (χ0v) is 13.3. The Kier molecular flexibility index (Phi) is 3.83. The third-order valence-corrected chi connectivity index (χ3v) is 5.19. The van der Waals surface area contributed by atoms with Crippen LogP contribution in [0.1, 0.15) is 24.8 Å². The fraction of sp³-hybridized carbons (Fsp3) is 0.500. The van der Waals surface area contributed by atoms with Crippen LogP contribution in [-0.2, 0) is 16.1 Å². The van der Waals surface area contributed by atoms with E-state index >= 15 is 0 Å². The highest BCUT2D eigenvalue weighted by molar-refractivity contribution is 5.82. The molecule has 0 aliphatic carbocycles. The lowest BCUT2D eigenvalue weighted by Gasteiger charge is -2.40. The number of aromatic nitrogens is 1. The summed E-state index contributed by atoms with van der Waals surface area (Å²) in [6.07, 6.45) is 4.45. The van der Waals surface area contributed by atoms with Crippen LogP contribution in [0.15, 0.2) is 30.5 Å². The number of benzene rings is 1. The second-order valence-corrected chi connectivity index (χ2v) is 6.69. The molecule has 5 heteroatoms. The van der Waals surface area contributed by atoms with E-state index in [4.69, 9.17) is 4.74 Å². The van der Waals surface area contributed by atoms with Crippen molar-refractivity contribution in [2.75, 3.05) is 26.2 Å². The van der Waals surface area contributed by atoms with Crippen molar-refractivity contribution in [1.82, 2.24) is 15.2 Å². The van der Waals surface area contributed by atoms with Gasteiger partial charge in [0.15, 0.2) is 0 Å². The summed E-state index contributed by atoms with van der Waals surface area (Å²) in [5.74, 6) is 0.114. The number of piperidine rings is 1. The number of fused-ring (bicyclic) bond motifs is 1. The Bertz CT molecular complexity index is 701. The summed E-state index contributed by atoms with van der Waals surface area (Å²) in [6, 6.07) is 8.60. The summed E-state index contributed by atoms with van der Waals surface area (Å²) >= 11 is 0. The van der Waals surface area contributed by atoms with Gasteiger partial charge in [0.2, 0.25) is 5.91 Å². The van der Waals surface area contributed by atoms with Gasteiger partial charge in [-0.15, -0.1) is 0 Å². The summed E-state index contributed by atoms with van der Waals surface area (Å²) in [6.45, 7) is 4.20. The van der Waals surface area contributed by atoms with Crippen LogP contribution >= 0.6 is 0 Å². The average Bonchev–Trinajstić information content (AvgIpc) is 2.98. The van der Waals surface area contributed by atoms with Gasteiger partial charge in [0.25, 0.3) is 0 Å². The van der Waals surface area contributed by atoms with Crippen molar-refractivity contribution in [2.45, 2.75) is 31.4 Å². The molecule has 0 radical (unpaired) electrons. The molecule has 0 atom stereocenters. The summed E-state index contributed by atoms with van der Waals surface area (Å²) in [7, 11) is 0. The smallest absolute Gasteiger partial charge is 0.222 e. The van der Waals surface area contributed by atoms with Crippen molar-refractivity contribution in [2.24, 2.45) is 0 Å². The lowest BCUT2D eigenvalue weighted by molar-refractivity contribution is -0.120. The molecule has 2 saturated heterocycles. The number of hydrogen-bond donors (Lipinski definition) is 2. The van der Waals surface area contributed by atoms with E-state index in [0.29, 0.717) is 19.6 Å². The van der Waals surface area contributed by atoms with Gasteiger partial charge in [-0.05, 0) is 30.5 Å². The van der Waals surface area contributed by atoms with Gasteiger partial charge < -0.3 is 15.0 Å². The SMILES string of the molecule is O=C1CCOC2(CCN(Cc3cccc4[nH]ccc34)CC2)CN1. The molecular weight excluding hydrogens is 290 g/mol. The van der Waals surface area contributed by atoms with E-state index in [-0.39, 0.29) is 11.5 Å². The van der Waals surface area contributed by atoms with Crippen molar-refractivity contribution >= 4 is 16.8 Å². The van der Waals surface area contributed by atoms with Crippen molar-refractivity contribution in [3.63, 3.8) is 0 Å². The normalized spacial score (nSPS) is 22.2. The van der Waals surface area contributed by atoms with E-state index in [0.717, 1.165) is 32.5 Å². The van der Waals surface area contributed by atoms with Gasteiger partial charge in [0.1, 0.15) is 0 Å². The molecule has 3 heterocycles. The van der Waals surface area contributed by atoms with Crippen LogP contribution in [0.3, 0.4) is 0 Å². The molecule has 1 aromatic heterocycles. The summed E-state index contributed by atoms with van der Waals surface area (Å²) in [5, 5.41) is 4.31. The first-order valence-corrected chi connectivity index (χ1v) is 8.42. The maximum Gasteiger partial charge on any atom is 0.222 e. The standard InChI is InChI=1S/C18H23N3O2/c22-17-5-11-23-18(13-20-17)6-9-21(10-7-18)12-14-2-1-3-16-15(14)4-8-19-16/h1-4,8,19H,5-7,9-13H2,(H,20,22). The maximum absolute atomic E-state index is 11.5. The van der Waals surface area contributed by atoms with Crippen LogP contribution < -0.4 is 5.32 Å². The minimum atomic E-state index is -0.150. The molecule has 2 aliphatic rings. The Morgan fingerprint density at radius 2 is 2.09 bits per heavy atom. The topological polar surface area (TPSA) is 57.4 Å². The zero-order chi connectivity index (χ0) is 15.7. The first kappa shape index (κ1) is 14.7. The van der Waals surface area contributed by atoms with Gasteiger partial charge in [-0.3, -0.25) is 9.69 Å². The molecule has 2 fully saturated rings. The fourth-order valence-corrected chi connectivity index (χ4v) is 3.73. The molecule has 0 saturated carbocycles. The summed E-state index contributed by atoms with van der Waals surface area (Å²) in [5.41, 5.74) is 2.42. The second kappa shape index (κ2) is 5.98. The number of carbonyl (C=O) groups is 1. The van der Waals surface area contributed by atoms with Crippen molar-refractivity contribution in [1.29, 1.82) is 0 Å². The molecule has 1 aromatic carbocycles. The first-order chi connectivity index (χ1) is 11.2. The molecule has 2 aliphatic heterocycles. The van der Waals surface area contributed by atoms with Crippen molar-refractivity contribution in [3.8, 4) is 0 Å². The van der Waals surface area contributed by atoms with E-state index in [1.54, 1.807) is 0 Å². The van der Waals surface area contributed by atoms with Crippen LogP contribution in [0.2, 0.25) is 0 Å². The van der Waals surface area contributed by atoms with E-state index in [2.05, 4.69) is 39.5 Å². The number of likely N-dealkylation sites (tertiary alicyclic amines) is 1. The van der Waals surface area contributed by atoms with Gasteiger partial charge in [-0.25, -0.2) is 0 Å². The maximum atomic E-state index is 11.5. The Labute approximate surface area is 136 Å². The molecule has 4 rings (SSSR count). The van der Waals surface area contributed by atoms with Crippen molar-refractivity contribution < 1.29 is 9.53 Å². The molecule has 23 heavy (non-hydrogen) atoms. The highest BCUT2D eigenvalue weighted by Gasteiger charge is 2.37. The third-order valence-electron chi connectivity index (χ3n) is 5.19. The number of carbonyl (C=O) groups excluding carboxylic acids is 1. The Morgan fingerprint density at radius 3 is 2.96 bits per heavy atom. The highest BCUT2D eigenvalue weighted by Crippen LogP contribution is 2.29. The van der Waals surface area contributed by atoms with Crippen LogP contribution in [0.5, 0.6) is 0 Å². The highest BCUT2D eigenvalue weighted by atomic mass is 16.5. The van der Waals surface area contributed by atoms with Crippen LogP contribution in [0.25, 0.3) is 10.9 Å².